The third-order valence-corrected chi connectivity index (χ3v) is 5.52. The molecule has 2 N–H and O–H groups in total. The van der Waals surface area contributed by atoms with Crippen LogP contribution in [-0.4, -0.2) is 15.2 Å². The lowest BCUT2D eigenvalue weighted by Crippen LogP contribution is -2.07. The summed E-state index contributed by atoms with van der Waals surface area (Å²) in [6.07, 6.45) is -4.01. The molecule has 31 heavy (non-hydrogen) atoms. The van der Waals surface area contributed by atoms with Gasteiger partial charge in [-0.1, -0.05) is 30.3 Å². The Morgan fingerprint density at radius 1 is 0.742 bits per heavy atom. The van der Waals surface area contributed by atoms with Crippen LogP contribution >= 0.6 is 0 Å². The van der Waals surface area contributed by atoms with Gasteiger partial charge in [0, 0.05) is 17.5 Å². The minimum atomic E-state index is -4.51. The molecule has 0 saturated heterocycles. The Kier molecular flexibility index (Phi) is 4.25. The second-order valence-electron chi connectivity index (χ2n) is 7.49. The molecule has 5 rings (SSSR count). The highest BCUT2D eigenvalue weighted by Crippen LogP contribution is 2.45. The molecule has 3 nitrogen and oxygen atoms in total. The standard InChI is InChI=1S/C25H16F3NO2/c26-25(27,28)22-4-2-1-3-19(22)23-13-20(14-5-7-16(30)8-6-14)21-12-15-11-17(31)9-10-18(15)24(21)29-23/h1-11,13,30-31H,12H2. The van der Waals surface area contributed by atoms with Gasteiger partial charge in [-0.15, -0.1) is 0 Å². The summed E-state index contributed by atoms with van der Waals surface area (Å²) in [4.78, 5) is 4.64. The molecule has 3 aromatic carbocycles. The molecule has 1 aliphatic rings. The first kappa shape index (κ1) is 19.2. The Bertz CT molecular complexity index is 1310. The number of rotatable bonds is 2. The quantitative estimate of drug-likeness (QED) is 0.347. The molecule has 0 fully saturated rings. The molecule has 154 valence electrons. The third kappa shape index (κ3) is 3.30. The number of hydrogen-bond donors (Lipinski definition) is 2. The fourth-order valence-corrected chi connectivity index (χ4v) is 4.11. The highest BCUT2D eigenvalue weighted by atomic mass is 19.4. The Morgan fingerprint density at radius 3 is 2.19 bits per heavy atom. The maximum atomic E-state index is 13.7. The zero-order valence-electron chi connectivity index (χ0n) is 16.1. The average molecular weight is 419 g/mol. The second-order valence-corrected chi connectivity index (χ2v) is 7.49. The molecule has 1 heterocycles. The van der Waals surface area contributed by atoms with Gasteiger partial charge in [-0.2, -0.15) is 13.2 Å². The summed E-state index contributed by atoms with van der Waals surface area (Å²) < 4.78 is 41.0. The molecular weight excluding hydrogens is 403 g/mol. The predicted molar refractivity (Wildman–Crippen MR) is 112 cm³/mol. The molecule has 0 saturated carbocycles. The third-order valence-electron chi connectivity index (χ3n) is 5.52. The van der Waals surface area contributed by atoms with Crippen LogP contribution in [-0.2, 0) is 12.6 Å². The minimum Gasteiger partial charge on any atom is -0.508 e. The number of phenolic OH excluding ortho intramolecular Hbond substituents is 2. The maximum absolute atomic E-state index is 13.7. The average Bonchev–Trinajstić information content (AvgIpc) is 3.10. The van der Waals surface area contributed by atoms with E-state index < -0.39 is 11.7 Å². The second kappa shape index (κ2) is 6.87. The van der Waals surface area contributed by atoms with Crippen molar-refractivity contribution in [2.75, 3.05) is 0 Å². The first-order valence-electron chi connectivity index (χ1n) is 9.63. The fourth-order valence-electron chi connectivity index (χ4n) is 4.11. The maximum Gasteiger partial charge on any atom is 0.417 e. The minimum absolute atomic E-state index is 0.00468. The number of aromatic hydroxyl groups is 2. The van der Waals surface area contributed by atoms with Crippen molar-refractivity contribution < 1.29 is 23.4 Å². The summed E-state index contributed by atoms with van der Waals surface area (Å²) >= 11 is 0. The number of hydrogen-bond acceptors (Lipinski definition) is 3. The van der Waals surface area contributed by atoms with Gasteiger partial charge < -0.3 is 10.2 Å². The van der Waals surface area contributed by atoms with Crippen LogP contribution in [0.5, 0.6) is 11.5 Å². The number of fused-ring (bicyclic) bond motifs is 3. The van der Waals surface area contributed by atoms with Gasteiger partial charge in [0.1, 0.15) is 11.5 Å². The summed E-state index contributed by atoms with van der Waals surface area (Å²) in [7, 11) is 0. The van der Waals surface area contributed by atoms with E-state index in [0.717, 1.165) is 33.9 Å². The SMILES string of the molecule is Oc1ccc(-c2cc(-c3ccccc3C(F)(F)F)nc3c2Cc2cc(O)ccc2-3)cc1. The Balaban J connectivity index is 1.79. The van der Waals surface area contributed by atoms with Crippen molar-refractivity contribution in [3.8, 4) is 45.1 Å². The van der Waals surface area contributed by atoms with E-state index in [1.165, 1.54) is 12.1 Å². The summed E-state index contributed by atoms with van der Waals surface area (Å²) in [6.45, 7) is 0. The molecule has 0 unspecified atom stereocenters. The number of benzene rings is 3. The first-order valence-corrected chi connectivity index (χ1v) is 9.63. The van der Waals surface area contributed by atoms with Gasteiger partial charge in [-0.05, 0) is 64.7 Å². The number of pyridine rings is 1. The molecule has 6 heteroatoms. The van der Waals surface area contributed by atoms with E-state index in [1.807, 2.05) is 0 Å². The van der Waals surface area contributed by atoms with Crippen LogP contribution in [0.4, 0.5) is 13.2 Å². The molecule has 4 aromatic rings. The first-order chi connectivity index (χ1) is 14.8. The van der Waals surface area contributed by atoms with Crippen molar-refractivity contribution >= 4 is 0 Å². The van der Waals surface area contributed by atoms with E-state index in [2.05, 4.69) is 4.98 Å². The number of aromatic nitrogens is 1. The van der Waals surface area contributed by atoms with Crippen LogP contribution in [0, 0.1) is 0 Å². The van der Waals surface area contributed by atoms with E-state index in [0.29, 0.717) is 12.1 Å². The highest BCUT2D eigenvalue weighted by Gasteiger charge is 2.34. The summed E-state index contributed by atoms with van der Waals surface area (Å²) in [5.74, 6) is 0.227. The zero-order valence-corrected chi connectivity index (χ0v) is 16.1. The summed E-state index contributed by atoms with van der Waals surface area (Å²) in [6, 6.07) is 18.5. The van der Waals surface area contributed by atoms with E-state index in [1.54, 1.807) is 54.6 Å². The van der Waals surface area contributed by atoms with Crippen LogP contribution in [0.2, 0.25) is 0 Å². The smallest absolute Gasteiger partial charge is 0.417 e. The molecule has 0 atom stereocenters. The molecule has 1 aromatic heterocycles. The molecular formula is C25H16F3NO2. The van der Waals surface area contributed by atoms with Crippen molar-refractivity contribution in [2.24, 2.45) is 0 Å². The molecule has 0 amide bonds. The Labute approximate surface area is 176 Å². The number of nitrogens with zero attached hydrogens (tertiary/aromatic N) is 1. The lowest BCUT2D eigenvalue weighted by Gasteiger charge is -2.16. The summed E-state index contributed by atoms with van der Waals surface area (Å²) in [5.41, 5.74) is 4.12. The van der Waals surface area contributed by atoms with E-state index in [-0.39, 0.29) is 22.8 Å². The van der Waals surface area contributed by atoms with E-state index in [4.69, 9.17) is 0 Å². The van der Waals surface area contributed by atoms with Crippen molar-refractivity contribution in [1.29, 1.82) is 0 Å². The fraction of sp³-hybridized carbons (Fsp3) is 0.0800. The van der Waals surface area contributed by atoms with Gasteiger partial charge in [0.2, 0.25) is 0 Å². The molecule has 0 bridgehead atoms. The normalized spacial score (nSPS) is 12.5. The molecule has 0 spiro atoms. The van der Waals surface area contributed by atoms with Crippen LogP contribution in [0.15, 0.2) is 72.8 Å². The van der Waals surface area contributed by atoms with Crippen LogP contribution < -0.4 is 0 Å². The topological polar surface area (TPSA) is 53.4 Å². The van der Waals surface area contributed by atoms with Crippen LogP contribution in [0.25, 0.3) is 33.6 Å². The largest absolute Gasteiger partial charge is 0.508 e. The van der Waals surface area contributed by atoms with Crippen molar-refractivity contribution in [1.82, 2.24) is 4.98 Å². The lowest BCUT2D eigenvalue weighted by molar-refractivity contribution is -0.137. The number of halogens is 3. The van der Waals surface area contributed by atoms with Crippen LogP contribution in [0.1, 0.15) is 16.7 Å². The van der Waals surface area contributed by atoms with Crippen molar-refractivity contribution in [3.63, 3.8) is 0 Å². The Hall–Kier alpha value is -3.80. The van der Waals surface area contributed by atoms with Crippen molar-refractivity contribution in [3.05, 3.63) is 89.5 Å². The lowest BCUT2D eigenvalue weighted by atomic mass is 9.95. The molecule has 0 aliphatic heterocycles. The summed E-state index contributed by atoms with van der Waals surface area (Å²) in [5, 5.41) is 19.5. The van der Waals surface area contributed by atoms with Gasteiger partial charge >= 0.3 is 6.18 Å². The van der Waals surface area contributed by atoms with Gasteiger partial charge in [-0.25, -0.2) is 4.98 Å². The number of alkyl halides is 3. The van der Waals surface area contributed by atoms with E-state index >= 15 is 0 Å². The number of phenols is 2. The zero-order chi connectivity index (χ0) is 21.8. The Morgan fingerprint density at radius 2 is 1.45 bits per heavy atom. The monoisotopic (exact) mass is 419 g/mol. The van der Waals surface area contributed by atoms with E-state index in [9.17, 15) is 23.4 Å². The molecule has 1 aliphatic carbocycles. The van der Waals surface area contributed by atoms with Crippen LogP contribution in [0.3, 0.4) is 0 Å². The van der Waals surface area contributed by atoms with Gasteiger partial charge in [0.15, 0.2) is 0 Å². The van der Waals surface area contributed by atoms with Gasteiger partial charge in [-0.3, -0.25) is 0 Å². The van der Waals surface area contributed by atoms with Crippen molar-refractivity contribution in [2.45, 2.75) is 12.6 Å². The highest BCUT2D eigenvalue weighted by molar-refractivity contribution is 5.86. The predicted octanol–water partition coefficient (Wildman–Crippen LogP) is 6.42. The van der Waals surface area contributed by atoms with Gasteiger partial charge in [0.05, 0.1) is 17.0 Å². The van der Waals surface area contributed by atoms with Gasteiger partial charge in [0.25, 0.3) is 0 Å². The molecule has 0 radical (unpaired) electrons.